The first-order chi connectivity index (χ1) is 8.76. The second-order valence-electron chi connectivity index (χ2n) is 3.64. The van der Waals surface area contributed by atoms with E-state index in [4.69, 9.17) is 0 Å². The maximum atomic E-state index is 12.4. The first-order valence-electron chi connectivity index (χ1n) is 4.97. The number of fused-ring (bicyclic) bond motifs is 1. The van der Waals surface area contributed by atoms with Crippen molar-refractivity contribution in [2.45, 2.75) is 12.8 Å². The highest BCUT2D eigenvalue weighted by Gasteiger charge is 2.31. The van der Waals surface area contributed by atoms with E-state index in [0.717, 1.165) is 18.2 Å². The fourth-order valence-corrected chi connectivity index (χ4v) is 1.56. The lowest BCUT2D eigenvalue weighted by atomic mass is 10.2. The maximum absolute atomic E-state index is 12.4. The number of nitrogens with one attached hydrogen (secondary N) is 1. The van der Waals surface area contributed by atoms with Crippen LogP contribution in [0.3, 0.4) is 0 Å². The van der Waals surface area contributed by atoms with Crippen molar-refractivity contribution in [2.75, 3.05) is 0 Å². The molecule has 0 aliphatic carbocycles. The Kier molecular flexibility index (Phi) is 3.17. The van der Waals surface area contributed by atoms with Crippen molar-refractivity contribution in [1.82, 2.24) is 4.98 Å². The van der Waals surface area contributed by atoms with Gasteiger partial charge in [-0.05, 0) is 18.2 Å². The number of pyridine rings is 1. The van der Waals surface area contributed by atoms with Gasteiger partial charge in [-0.2, -0.15) is 0 Å². The van der Waals surface area contributed by atoms with E-state index in [-0.39, 0.29) is 10.9 Å². The minimum absolute atomic E-state index is 0.0114. The van der Waals surface area contributed by atoms with Crippen LogP contribution in [0.15, 0.2) is 29.1 Å². The van der Waals surface area contributed by atoms with Crippen molar-refractivity contribution >= 4 is 10.9 Å². The standard InChI is InChI=1S/C11H6F5NO2/c12-10(13)8-4-9(18)6-3-5(19-11(14,15)16)1-2-7(6)17-8/h1-4,10H,(H,17,18). The van der Waals surface area contributed by atoms with Gasteiger partial charge >= 0.3 is 6.36 Å². The molecule has 19 heavy (non-hydrogen) atoms. The fourth-order valence-electron chi connectivity index (χ4n) is 1.56. The first-order valence-corrected chi connectivity index (χ1v) is 4.97. The quantitative estimate of drug-likeness (QED) is 0.856. The summed E-state index contributed by atoms with van der Waals surface area (Å²) in [6.07, 6.45) is -7.76. The number of H-pyrrole nitrogens is 1. The van der Waals surface area contributed by atoms with Gasteiger partial charge in [0.2, 0.25) is 0 Å². The highest BCUT2D eigenvalue weighted by molar-refractivity contribution is 5.80. The van der Waals surface area contributed by atoms with Gasteiger partial charge in [0.15, 0.2) is 5.43 Å². The minimum Gasteiger partial charge on any atom is -0.406 e. The molecule has 3 nitrogen and oxygen atoms in total. The number of halogens is 5. The van der Waals surface area contributed by atoms with Gasteiger partial charge in [-0.1, -0.05) is 0 Å². The van der Waals surface area contributed by atoms with Crippen molar-refractivity contribution in [3.8, 4) is 5.75 Å². The van der Waals surface area contributed by atoms with Crippen LogP contribution >= 0.6 is 0 Å². The van der Waals surface area contributed by atoms with Crippen LogP contribution in [0.4, 0.5) is 22.0 Å². The molecule has 1 aromatic heterocycles. The molecule has 0 aliphatic heterocycles. The summed E-state index contributed by atoms with van der Waals surface area (Å²) in [4.78, 5) is 13.8. The zero-order valence-electron chi connectivity index (χ0n) is 9.09. The van der Waals surface area contributed by atoms with Crippen LogP contribution in [-0.4, -0.2) is 11.3 Å². The minimum atomic E-state index is -4.89. The molecule has 0 aliphatic rings. The van der Waals surface area contributed by atoms with Crippen LogP contribution < -0.4 is 10.2 Å². The summed E-state index contributed by atoms with van der Waals surface area (Å²) < 4.78 is 64.5. The number of hydrogen-bond donors (Lipinski definition) is 1. The number of hydrogen-bond acceptors (Lipinski definition) is 2. The highest BCUT2D eigenvalue weighted by atomic mass is 19.4. The van der Waals surface area contributed by atoms with Gasteiger partial charge in [0.25, 0.3) is 6.43 Å². The third-order valence-electron chi connectivity index (χ3n) is 2.29. The Hall–Kier alpha value is -2.12. The summed E-state index contributed by atoms with van der Waals surface area (Å²) in [6.45, 7) is 0. The summed E-state index contributed by atoms with van der Waals surface area (Å²) in [5.41, 5.74) is -1.39. The first kappa shape index (κ1) is 13.3. The second-order valence-corrected chi connectivity index (χ2v) is 3.64. The fraction of sp³-hybridized carbons (Fsp3) is 0.182. The van der Waals surface area contributed by atoms with Gasteiger partial charge in [0.1, 0.15) is 5.75 Å². The van der Waals surface area contributed by atoms with E-state index in [9.17, 15) is 26.7 Å². The van der Waals surface area contributed by atoms with Gasteiger partial charge in [-0.25, -0.2) is 8.78 Å². The Labute approximate surface area is 102 Å². The Bertz CT molecular complexity index is 662. The number of aromatic nitrogens is 1. The van der Waals surface area contributed by atoms with Gasteiger partial charge < -0.3 is 9.72 Å². The van der Waals surface area contributed by atoms with E-state index >= 15 is 0 Å². The van der Waals surface area contributed by atoms with E-state index in [1.807, 2.05) is 0 Å². The lowest BCUT2D eigenvalue weighted by Crippen LogP contribution is -2.17. The van der Waals surface area contributed by atoms with Crippen LogP contribution in [0, 0.1) is 0 Å². The molecule has 0 saturated heterocycles. The summed E-state index contributed by atoms with van der Waals surface area (Å²) >= 11 is 0. The van der Waals surface area contributed by atoms with E-state index in [2.05, 4.69) is 9.72 Å². The molecular formula is C11H6F5NO2. The molecule has 1 N–H and O–H groups in total. The zero-order chi connectivity index (χ0) is 14.2. The molecule has 0 unspecified atom stereocenters. The molecule has 0 fully saturated rings. The molecule has 2 rings (SSSR count). The van der Waals surface area contributed by atoms with Crippen LogP contribution in [-0.2, 0) is 0 Å². The molecule has 1 aromatic carbocycles. The van der Waals surface area contributed by atoms with Crippen molar-refractivity contribution < 1.29 is 26.7 Å². The monoisotopic (exact) mass is 279 g/mol. The average Bonchev–Trinajstić information content (AvgIpc) is 2.27. The lowest BCUT2D eigenvalue weighted by molar-refractivity contribution is -0.274. The van der Waals surface area contributed by atoms with Crippen LogP contribution in [0.2, 0.25) is 0 Å². The average molecular weight is 279 g/mol. The van der Waals surface area contributed by atoms with Crippen LogP contribution in [0.1, 0.15) is 12.1 Å². The third-order valence-corrected chi connectivity index (χ3v) is 2.29. The largest absolute Gasteiger partial charge is 0.573 e. The van der Waals surface area contributed by atoms with Gasteiger partial charge in [0.05, 0.1) is 5.69 Å². The molecule has 2 aromatic rings. The summed E-state index contributed by atoms with van der Waals surface area (Å²) in [5, 5.41) is -0.161. The van der Waals surface area contributed by atoms with Crippen molar-refractivity contribution in [3.63, 3.8) is 0 Å². The van der Waals surface area contributed by atoms with E-state index < -0.39 is 29.7 Å². The topological polar surface area (TPSA) is 42.1 Å². The number of rotatable bonds is 2. The molecule has 0 bridgehead atoms. The number of ether oxygens (including phenoxy) is 1. The molecule has 1 heterocycles. The number of aromatic amines is 1. The van der Waals surface area contributed by atoms with Crippen molar-refractivity contribution in [3.05, 3.63) is 40.2 Å². The van der Waals surface area contributed by atoms with Gasteiger partial charge in [0, 0.05) is 17.0 Å². The molecule has 0 radical (unpaired) electrons. The summed E-state index contributed by atoms with van der Waals surface area (Å²) in [7, 11) is 0. The lowest BCUT2D eigenvalue weighted by Gasteiger charge is -2.09. The van der Waals surface area contributed by atoms with E-state index in [1.54, 1.807) is 0 Å². The summed E-state index contributed by atoms with van der Waals surface area (Å²) in [6, 6.07) is 3.49. The molecule has 0 spiro atoms. The molecule has 8 heteroatoms. The Morgan fingerprint density at radius 2 is 1.84 bits per heavy atom. The van der Waals surface area contributed by atoms with Crippen LogP contribution in [0.25, 0.3) is 10.9 Å². The smallest absolute Gasteiger partial charge is 0.406 e. The zero-order valence-corrected chi connectivity index (χ0v) is 9.09. The van der Waals surface area contributed by atoms with Crippen LogP contribution in [0.5, 0.6) is 5.75 Å². The third kappa shape index (κ3) is 3.01. The molecular weight excluding hydrogens is 273 g/mol. The van der Waals surface area contributed by atoms with Crippen molar-refractivity contribution in [2.24, 2.45) is 0 Å². The highest BCUT2D eigenvalue weighted by Crippen LogP contribution is 2.25. The van der Waals surface area contributed by atoms with E-state index in [0.29, 0.717) is 6.07 Å². The summed E-state index contributed by atoms with van der Waals surface area (Å²) in [5.74, 6) is -0.588. The Morgan fingerprint density at radius 3 is 2.42 bits per heavy atom. The molecule has 0 atom stereocenters. The SMILES string of the molecule is O=c1cc(C(F)F)[nH]c2ccc(OC(F)(F)F)cc12. The Morgan fingerprint density at radius 1 is 1.16 bits per heavy atom. The normalized spacial score (nSPS) is 12.1. The molecule has 0 saturated carbocycles. The van der Waals surface area contributed by atoms with Gasteiger partial charge in [-0.3, -0.25) is 4.79 Å². The number of alkyl halides is 5. The van der Waals surface area contributed by atoms with Crippen molar-refractivity contribution in [1.29, 1.82) is 0 Å². The van der Waals surface area contributed by atoms with E-state index in [1.165, 1.54) is 0 Å². The maximum Gasteiger partial charge on any atom is 0.573 e. The predicted octanol–water partition coefficient (Wildman–Crippen LogP) is 3.36. The predicted molar refractivity (Wildman–Crippen MR) is 56.2 cm³/mol. The Balaban J connectivity index is 2.53. The molecule has 0 amide bonds. The number of benzene rings is 1. The molecule has 102 valence electrons. The second kappa shape index (κ2) is 4.52. The van der Waals surface area contributed by atoms with Gasteiger partial charge in [-0.15, -0.1) is 13.2 Å².